The first kappa shape index (κ1) is 14.5. The third-order valence-corrected chi connectivity index (χ3v) is 4.78. The molecule has 2 fully saturated rings. The summed E-state index contributed by atoms with van der Waals surface area (Å²) < 4.78 is 7.28. The summed E-state index contributed by atoms with van der Waals surface area (Å²) in [6.07, 6.45) is 9.39. The topological polar surface area (TPSA) is 64.2 Å². The minimum atomic E-state index is -0.00534. The van der Waals surface area contributed by atoms with Crippen LogP contribution in [0, 0.1) is 6.92 Å². The molecule has 1 atom stereocenters. The Balaban J connectivity index is 1.50. The Morgan fingerprint density at radius 2 is 2.22 bits per heavy atom. The van der Waals surface area contributed by atoms with Crippen LogP contribution < -0.4 is 0 Å². The molecule has 23 heavy (non-hydrogen) atoms. The lowest BCUT2D eigenvalue weighted by atomic mass is 10.0. The van der Waals surface area contributed by atoms with Gasteiger partial charge in [0.25, 0.3) is 5.91 Å². The molecule has 1 aliphatic carbocycles. The van der Waals surface area contributed by atoms with E-state index >= 15 is 0 Å². The van der Waals surface area contributed by atoms with Gasteiger partial charge in [0.1, 0.15) is 5.76 Å². The van der Waals surface area contributed by atoms with Crippen LogP contribution in [-0.2, 0) is 6.54 Å². The van der Waals surface area contributed by atoms with Gasteiger partial charge in [0.15, 0.2) is 5.69 Å². The number of carbonyl (C=O) groups excluding carboxylic acids is 1. The lowest BCUT2D eigenvalue weighted by molar-refractivity contribution is 0.0573. The highest BCUT2D eigenvalue weighted by molar-refractivity contribution is 5.92. The minimum absolute atomic E-state index is 0.00534. The van der Waals surface area contributed by atoms with E-state index in [1.54, 1.807) is 0 Å². The van der Waals surface area contributed by atoms with Crippen LogP contribution in [0.4, 0.5) is 0 Å². The molecule has 4 rings (SSSR count). The summed E-state index contributed by atoms with van der Waals surface area (Å²) in [4.78, 5) is 14.8. The Kier molecular flexibility index (Phi) is 3.67. The summed E-state index contributed by atoms with van der Waals surface area (Å²) in [6.45, 7) is 3.56. The zero-order valence-electron chi connectivity index (χ0n) is 13.4. The van der Waals surface area contributed by atoms with Crippen molar-refractivity contribution in [1.29, 1.82) is 0 Å². The summed E-state index contributed by atoms with van der Waals surface area (Å²) >= 11 is 0. The number of rotatable bonds is 4. The fourth-order valence-electron chi connectivity index (χ4n) is 3.34. The van der Waals surface area contributed by atoms with Crippen molar-refractivity contribution >= 4 is 5.91 Å². The van der Waals surface area contributed by atoms with Crippen LogP contribution >= 0.6 is 0 Å². The number of piperidine rings is 1. The number of aromatic nitrogens is 3. The van der Waals surface area contributed by atoms with Gasteiger partial charge in [-0.2, -0.15) is 5.10 Å². The molecule has 1 aliphatic heterocycles. The van der Waals surface area contributed by atoms with Crippen LogP contribution in [0.2, 0.25) is 0 Å². The molecule has 0 radical (unpaired) electrons. The molecule has 2 aromatic rings. The van der Waals surface area contributed by atoms with E-state index in [0.717, 1.165) is 56.5 Å². The number of carbonyl (C=O) groups is 1. The van der Waals surface area contributed by atoms with Crippen molar-refractivity contribution in [3.63, 3.8) is 0 Å². The highest BCUT2D eigenvalue weighted by Crippen LogP contribution is 2.40. The van der Waals surface area contributed by atoms with E-state index in [4.69, 9.17) is 4.52 Å². The maximum Gasteiger partial charge on any atom is 0.276 e. The number of hydrogen-bond acceptors (Lipinski definition) is 4. The smallest absolute Gasteiger partial charge is 0.276 e. The Morgan fingerprint density at radius 1 is 1.35 bits per heavy atom. The molecule has 0 unspecified atom stereocenters. The second-order valence-electron chi connectivity index (χ2n) is 6.78. The standard InChI is InChI=1S/C17H22N4O2/c1-12-9-18-20(10-12)11-14-4-2-3-7-21(14)17(22)15-8-16(23-19-15)13-5-6-13/h8-10,13-14H,2-7,11H2,1H3/t14-/m0/s1. The monoisotopic (exact) mass is 314 g/mol. The first-order valence-corrected chi connectivity index (χ1v) is 8.47. The average molecular weight is 314 g/mol. The molecule has 0 aromatic carbocycles. The molecule has 0 N–H and O–H groups in total. The molecule has 1 amide bonds. The van der Waals surface area contributed by atoms with Gasteiger partial charge in [-0.1, -0.05) is 5.16 Å². The van der Waals surface area contributed by atoms with Crippen molar-refractivity contribution in [1.82, 2.24) is 19.8 Å². The molecule has 3 heterocycles. The third kappa shape index (κ3) is 3.02. The van der Waals surface area contributed by atoms with E-state index in [1.165, 1.54) is 0 Å². The van der Waals surface area contributed by atoms with Crippen molar-refractivity contribution in [2.45, 2.75) is 57.5 Å². The van der Waals surface area contributed by atoms with Crippen LogP contribution in [0.1, 0.15) is 59.8 Å². The predicted octanol–water partition coefficient (Wildman–Crippen LogP) is 2.75. The molecule has 122 valence electrons. The molecule has 0 bridgehead atoms. The van der Waals surface area contributed by atoms with E-state index in [-0.39, 0.29) is 11.9 Å². The normalized spacial score (nSPS) is 21.6. The van der Waals surface area contributed by atoms with Crippen LogP contribution in [-0.4, -0.2) is 38.3 Å². The maximum atomic E-state index is 12.8. The lowest BCUT2D eigenvalue weighted by Crippen LogP contribution is -2.46. The van der Waals surface area contributed by atoms with Crippen LogP contribution in [0.15, 0.2) is 23.0 Å². The van der Waals surface area contributed by atoms with Gasteiger partial charge in [-0.25, -0.2) is 0 Å². The van der Waals surface area contributed by atoms with Gasteiger partial charge in [0.05, 0.1) is 18.8 Å². The van der Waals surface area contributed by atoms with Gasteiger partial charge >= 0.3 is 0 Å². The Labute approximate surface area is 135 Å². The Hall–Kier alpha value is -2.11. The van der Waals surface area contributed by atoms with Crippen molar-refractivity contribution in [2.24, 2.45) is 0 Å². The van der Waals surface area contributed by atoms with Crippen molar-refractivity contribution < 1.29 is 9.32 Å². The summed E-state index contributed by atoms with van der Waals surface area (Å²) in [5.74, 6) is 1.34. The minimum Gasteiger partial charge on any atom is -0.360 e. The molecule has 2 aliphatic rings. The molecule has 1 saturated heterocycles. The lowest BCUT2D eigenvalue weighted by Gasteiger charge is -2.35. The first-order chi connectivity index (χ1) is 11.2. The van der Waals surface area contributed by atoms with Gasteiger partial charge in [-0.3, -0.25) is 9.48 Å². The molecule has 1 saturated carbocycles. The number of likely N-dealkylation sites (tertiary alicyclic amines) is 1. The van der Waals surface area contributed by atoms with Crippen LogP contribution in [0.25, 0.3) is 0 Å². The SMILES string of the molecule is Cc1cnn(C[C@@H]2CCCCN2C(=O)c2cc(C3CC3)on2)c1. The Morgan fingerprint density at radius 3 is 2.96 bits per heavy atom. The zero-order chi connectivity index (χ0) is 15.8. The first-order valence-electron chi connectivity index (χ1n) is 8.47. The van der Waals surface area contributed by atoms with Gasteiger partial charge in [-0.15, -0.1) is 0 Å². The second kappa shape index (κ2) is 5.83. The fourth-order valence-corrected chi connectivity index (χ4v) is 3.34. The third-order valence-electron chi connectivity index (χ3n) is 4.78. The highest BCUT2D eigenvalue weighted by atomic mass is 16.5. The van der Waals surface area contributed by atoms with E-state index in [9.17, 15) is 4.79 Å². The number of amides is 1. The summed E-state index contributed by atoms with van der Waals surface area (Å²) in [5, 5.41) is 8.37. The molecule has 6 heteroatoms. The largest absolute Gasteiger partial charge is 0.360 e. The summed E-state index contributed by atoms with van der Waals surface area (Å²) in [5.41, 5.74) is 1.60. The van der Waals surface area contributed by atoms with E-state index in [2.05, 4.69) is 10.3 Å². The second-order valence-corrected chi connectivity index (χ2v) is 6.78. The number of hydrogen-bond donors (Lipinski definition) is 0. The quantitative estimate of drug-likeness (QED) is 0.870. The molecular weight excluding hydrogens is 292 g/mol. The summed E-state index contributed by atoms with van der Waals surface area (Å²) in [7, 11) is 0. The molecular formula is C17H22N4O2. The Bertz CT molecular complexity index is 701. The van der Waals surface area contributed by atoms with Gasteiger partial charge in [0.2, 0.25) is 0 Å². The van der Waals surface area contributed by atoms with Gasteiger partial charge < -0.3 is 9.42 Å². The number of nitrogens with zero attached hydrogens (tertiary/aromatic N) is 4. The van der Waals surface area contributed by atoms with Gasteiger partial charge in [-0.05, 0) is 44.6 Å². The van der Waals surface area contributed by atoms with E-state index in [1.807, 2.05) is 35.0 Å². The van der Waals surface area contributed by atoms with Crippen molar-refractivity contribution in [3.05, 3.63) is 35.5 Å². The molecule has 2 aromatic heterocycles. The van der Waals surface area contributed by atoms with Gasteiger partial charge in [0, 0.05) is 24.7 Å². The maximum absolute atomic E-state index is 12.8. The van der Waals surface area contributed by atoms with Crippen LogP contribution in [0.3, 0.4) is 0 Å². The average Bonchev–Trinajstić information content (AvgIpc) is 3.15. The molecule has 6 nitrogen and oxygen atoms in total. The highest BCUT2D eigenvalue weighted by Gasteiger charge is 2.32. The predicted molar refractivity (Wildman–Crippen MR) is 84.1 cm³/mol. The van der Waals surface area contributed by atoms with Crippen molar-refractivity contribution in [3.8, 4) is 0 Å². The zero-order valence-corrected chi connectivity index (χ0v) is 13.4. The summed E-state index contributed by atoms with van der Waals surface area (Å²) in [6, 6.07) is 2.01. The molecule has 0 spiro atoms. The van der Waals surface area contributed by atoms with E-state index < -0.39 is 0 Å². The number of aryl methyl sites for hydroxylation is 1. The van der Waals surface area contributed by atoms with Crippen LogP contribution in [0.5, 0.6) is 0 Å². The van der Waals surface area contributed by atoms with E-state index in [0.29, 0.717) is 11.6 Å². The fraction of sp³-hybridized carbons (Fsp3) is 0.588. The van der Waals surface area contributed by atoms with Crippen molar-refractivity contribution in [2.75, 3.05) is 6.54 Å².